The normalized spacial score (nSPS) is 17.8. The molecule has 2 fully saturated rings. The third-order valence-electron chi connectivity index (χ3n) is 4.79. The van der Waals surface area contributed by atoms with E-state index in [0.29, 0.717) is 12.2 Å². The van der Waals surface area contributed by atoms with Crippen LogP contribution < -0.4 is 20.3 Å². The molecule has 3 rings (SSSR count). The molecule has 140 valence electrons. The Labute approximate surface area is 153 Å². The first-order chi connectivity index (χ1) is 12.6. The van der Waals surface area contributed by atoms with Crippen LogP contribution in [0.25, 0.3) is 0 Å². The van der Waals surface area contributed by atoms with E-state index in [0.717, 1.165) is 44.3 Å². The molecule has 2 aliphatic rings. The van der Waals surface area contributed by atoms with Crippen LogP contribution >= 0.6 is 0 Å². The van der Waals surface area contributed by atoms with Gasteiger partial charge in [-0.15, -0.1) is 0 Å². The number of rotatable bonds is 5. The zero-order valence-electron chi connectivity index (χ0n) is 14.8. The molecule has 0 unspecified atom stereocenters. The van der Waals surface area contributed by atoms with E-state index in [1.807, 2.05) is 0 Å². The van der Waals surface area contributed by atoms with E-state index in [1.54, 1.807) is 29.2 Å². The molecule has 26 heavy (non-hydrogen) atoms. The zero-order chi connectivity index (χ0) is 18.4. The van der Waals surface area contributed by atoms with Gasteiger partial charge in [0.2, 0.25) is 5.91 Å². The molecule has 0 bridgehead atoms. The summed E-state index contributed by atoms with van der Waals surface area (Å²) in [6, 6.07) is 6.72. The highest BCUT2D eigenvalue weighted by Crippen LogP contribution is 2.23. The lowest BCUT2D eigenvalue weighted by atomic mass is 9.96. The molecule has 1 aliphatic carbocycles. The largest absolute Gasteiger partial charge is 0.484 e. The Balaban J connectivity index is 1.41. The van der Waals surface area contributed by atoms with Crippen molar-refractivity contribution in [3.05, 3.63) is 24.3 Å². The third kappa shape index (κ3) is 4.97. The van der Waals surface area contributed by atoms with Gasteiger partial charge in [-0.25, -0.2) is 4.79 Å². The Kier molecular flexibility index (Phi) is 6.09. The molecule has 1 aliphatic heterocycles. The highest BCUT2D eigenvalue weighted by atomic mass is 16.5. The Hall–Kier alpha value is -2.57. The summed E-state index contributed by atoms with van der Waals surface area (Å²) in [6.45, 7) is 0.498. The minimum Gasteiger partial charge on any atom is -0.484 e. The van der Waals surface area contributed by atoms with Crippen molar-refractivity contribution < 1.29 is 19.1 Å². The van der Waals surface area contributed by atoms with Gasteiger partial charge in [0.05, 0.1) is 0 Å². The number of ether oxygens (including phenoxy) is 1. The predicted molar refractivity (Wildman–Crippen MR) is 97.1 cm³/mol. The van der Waals surface area contributed by atoms with Gasteiger partial charge < -0.3 is 15.0 Å². The molecule has 4 amide bonds. The van der Waals surface area contributed by atoms with Gasteiger partial charge in [0, 0.05) is 24.7 Å². The number of amides is 4. The summed E-state index contributed by atoms with van der Waals surface area (Å²) in [4.78, 5) is 37.1. The van der Waals surface area contributed by atoms with Gasteiger partial charge in [0.25, 0.3) is 5.91 Å². The highest BCUT2D eigenvalue weighted by molar-refractivity contribution is 5.96. The van der Waals surface area contributed by atoms with Crippen molar-refractivity contribution in [3.63, 3.8) is 0 Å². The minimum atomic E-state index is -0.489. The van der Waals surface area contributed by atoms with Crippen molar-refractivity contribution in [1.82, 2.24) is 10.6 Å². The van der Waals surface area contributed by atoms with Crippen LogP contribution in [-0.2, 0) is 9.59 Å². The molecule has 1 aromatic carbocycles. The van der Waals surface area contributed by atoms with Crippen molar-refractivity contribution in [2.75, 3.05) is 18.1 Å². The maximum Gasteiger partial charge on any atom is 0.321 e. The summed E-state index contributed by atoms with van der Waals surface area (Å²) in [5.74, 6) is 0.155. The zero-order valence-corrected chi connectivity index (χ0v) is 14.8. The van der Waals surface area contributed by atoms with E-state index in [4.69, 9.17) is 4.74 Å². The van der Waals surface area contributed by atoms with E-state index in [1.165, 1.54) is 6.42 Å². The van der Waals surface area contributed by atoms with Crippen molar-refractivity contribution in [2.24, 2.45) is 0 Å². The molecular formula is C19H25N3O4. The molecule has 7 heteroatoms. The Morgan fingerprint density at radius 1 is 1.08 bits per heavy atom. The SMILES string of the molecule is O=C(COc1ccc(N2CCCC2=O)cc1)NC(=O)NC1CCCCC1. The summed E-state index contributed by atoms with van der Waals surface area (Å²) < 4.78 is 5.41. The van der Waals surface area contributed by atoms with Crippen LogP contribution in [0.15, 0.2) is 24.3 Å². The van der Waals surface area contributed by atoms with Gasteiger partial charge in [-0.2, -0.15) is 0 Å². The average molecular weight is 359 g/mol. The smallest absolute Gasteiger partial charge is 0.321 e. The molecule has 1 saturated heterocycles. The Morgan fingerprint density at radius 2 is 1.81 bits per heavy atom. The summed E-state index contributed by atoms with van der Waals surface area (Å²) in [5.41, 5.74) is 0.830. The number of carbonyl (C=O) groups is 3. The summed E-state index contributed by atoms with van der Waals surface area (Å²) >= 11 is 0. The van der Waals surface area contributed by atoms with Gasteiger partial charge in [-0.1, -0.05) is 19.3 Å². The van der Waals surface area contributed by atoms with Crippen LogP contribution in [0.2, 0.25) is 0 Å². The molecule has 7 nitrogen and oxygen atoms in total. The first kappa shape index (κ1) is 18.2. The lowest BCUT2D eigenvalue weighted by Gasteiger charge is -2.22. The van der Waals surface area contributed by atoms with Crippen LogP contribution in [0.5, 0.6) is 5.75 Å². The lowest BCUT2D eigenvalue weighted by molar-refractivity contribution is -0.122. The maximum absolute atomic E-state index is 11.8. The predicted octanol–water partition coefficient (Wildman–Crippen LogP) is 2.35. The number of imide groups is 1. The quantitative estimate of drug-likeness (QED) is 0.845. The highest BCUT2D eigenvalue weighted by Gasteiger charge is 2.21. The average Bonchev–Trinajstić information content (AvgIpc) is 3.07. The second-order valence-electron chi connectivity index (χ2n) is 6.79. The van der Waals surface area contributed by atoms with Crippen molar-refractivity contribution in [3.8, 4) is 5.75 Å². The number of hydrogen-bond donors (Lipinski definition) is 2. The number of carbonyl (C=O) groups excluding carboxylic acids is 3. The van der Waals surface area contributed by atoms with E-state index in [9.17, 15) is 14.4 Å². The number of anilines is 1. The fraction of sp³-hybridized carbons (Fsp3) is 0.526. The van der Waals surface area contributed by atoms with Crippen molar-refractivity contribution in [1.29, 1.82) is 0 Å². The van der Waals surface area contributed by atoms with Crippen LogP contribution in [-0.4, -0.2) is 37.0 Å². The third-order valence-corrected chi connectivity index (χ3v) is 4.79. The molecule has 0 atom stereocenters. The van der Waals surface area contributed by atoms with Gasteiger partial charge in [-0.3, -0.25) is 14.9 Å². The fourth-order valence-electron chi connectivity index (χ4n) is 3.42. The fourth-order valence-corrected chi connectivity index (χ4v) is 3.42. The van der Waals surface area contributed by atoms with Crippen molar-refractivity contribution >= 4 is 23.5 Å². The number of nitrogens with zero attached hydrogens (tertiary/aromatic N) is 1. The van der Waals surface area contributed by atoms with Gasteiger partial charge in [-0.05, 0) is 43.5 Å². The van der Waals surface area contributed by atoms with Crippen molar-refractivity contribution in [2.45, 2.75) is 51.0 Å². The molecular weight excluding hydrogens is 334 g/mol. The Bertz CT molecular complexity index is 653. The van der Waals surface area contributed by atoms with Crippen LogP contribution in [0.3, 0.4) is 0 Å². The standard InChI is InChI=1S/C19H25N3O4/c23-17(21-19(25)20-14-5-2-1-3-6-14)13-26-16-10-8-15(9-11-16)22-12-4-7-18(22)24/h8-11,14H,1-7,12-13H2,(H2,20,21,23,25). The number of hydrogen-bond acceptors (Lipinski definition) is 4. The van der Waals surface area contributed by atoms with E-state index in [-0.39, 0.29) is 18.6 Å². The van der Waals surface area contributed by atoms with E-state index in [2.05, 4.69) is 10.6 Å². The Morgan fingerprint density at radius 3 is 2.46 bits per heavy atom. The van der Waals surface area contributed by atoms with E-state index < -0.39 is 11.9 Å². The lowest BCUT2D eigenvalue weighted by Crippen LogP contribution is -2.46. The molecule has 0 aromatic heterocycles. The first-order valence-electron chi connectivity index (χ1n) is 9.25. The first-order valence-corrected chi connectivity index (χ1v) is 9.25. The minimum absolute atomic E-state index is 0.127. The number of benzene rings is 1. The van der Waals surface area contributed by atoms with E-state index >= 15 is 0 Å². The van der Waals surface area contributed by atoms with Gasteiger partial charge in [0.1, 0.15) is 5.75 Å². The molecule has 0 spiro atoms. The summed E-state index contributed by atoms with van der Waals surface area (Å²) in [6.07, 6.45) is 6.81. The molecule has 0 radical (unpaired) electrons. The van der Waals surface area contributed by atoms with Crippen LogP contribution in [0, 0.1) is 0 Å². The van der Waals surface area contributed by atoms with Crippen LogP contribution in [0.1, 0.15) is 44.9 Å². The second-order valence-corrected chi connectivity index (χ2v) is 6.79. The molecule has 1 aromatic rings. The maximum atomic E-state index is 11.8. The molecule has 2 N–H and O–H groups in total. The number of urea groups is 1. The molecule has 1 heterocycles. The second kappa shape index (κ2) is 8.69. The summed E-state index contributed by atoms with van der Waals surface area (Å²) in [7, 11) is 0. The number of nitrogens with one attached hydrogen (secondary N) is 2. The summed E-state index contributed by atoms with van der Waals surface area (Å²) in [5, 5.41) is 5.12. The van der Waals surface area contributed by atoms with Gasteiger partial charge in [0.15, 0.2) is 6.61 Å². The monoisotopic (exact) mass is 359 g/mol. The van der Waals surface area contributed by atoms with Gasteiger partial charge >= 0.3 is 6.03 Å². The van der Waals surface area contributed by atoms with Crippen LogP contribution in [0.4, 0.5) is 10.5 Å². The molecule has 1 saturated carbocycles. The topological polar surface area (TPSA) is 87.7 Å².